The molecule has 0 aliphatic carbocycles. The molecular weight excluding hydrogens is 545 g/mol. The first-order chi connectivity index (χ1) is 20.6. The maximum atomic E-state index is 10.6. The van der Waals surface area contributed by atoms with Crippen molar-refractivity contribution in [3.8, 4) is 0 Å². The van der Waals surface area contributed by atoms with Crippen molar-refractivity contribution in [2.75, 3.05) is 13.2 Å². The number of aliphatic imine (C=N–C) groups is 1. The normalized spacial score (nSPS) is 11.7. The number of rotatable bonds is 36. The fourth-order valence-electron chi connectivity index (χ4n) is 5.83. The molecule has 0 aliphatic heterocycles. The summed E-state index contributed by atoms with van der Waals surface area (Å²) >= 11 is 0. The molecule has 7 heteroatoms. The lowest BCUT2D eigenvalue weighted by Crippen LogP contribution is -1.92. The molecule has 0 radical (unpaired) electrons. The van der Waals surface area contributed by atoms with Gasteiger partial charge in [0.15, 0.2) is 0 Å². The second-order valence-corrected chi connectivity index (χ2v) is 13.8. The second kappa shape index (κ2) is 35.0. The highest BCUT2D eigenvalue weighted by atomic mass is 31.2. The minimum atomic E-state index is -4.28. The second-order valence-electron chi connectivity index (χ2n) is 12.6. The molecule has 0 rings (SSSR count). The molecule has 0 aromatic carbocycles. The van der Waals surface area contributed by atoms with Crippen LogP contribution in [-0.4, -0.2) is 29.0 Å². The van der Waals surface area contributed by atoms with E-state index in [1.54, 1.807) is 6.08 Å². The van der Waals surface area contributed by atoms with E-state index in [1.807, 2.05) is 0 Å². The number of phosphoric acid groups is 1. The van der Waals surface area contributed by atoms with Gasteiger partial charge in [-0.15, -0.1) is 0 Å². The van der Waals surface area contributed by atoms with Gasteiger partial charge in [-0.1, -0.05) is 193 Å². The molecule has 0 fully saturated rings. The fourth-order valence-corrected chi connectivity index (χ4v) is 6.19. The lowest BCUT2D eigenvalue weighted by atomic mass is 10.0. The van der Waals surface area contributed by atoms with Gasteiger partial charge in [0.1, 0.15) is 0 Å². The van der Waals surface area contributed by atoms with E-state index in [2.05, 4.69) is 9.52 Å². The number of hydrogen-bond donors (Lipinski definition) is 2. The molecular formula is C35H70NO5P. The van der Waals surface area contributed by atoms with E-state index in [0.717, 1.165) is 25.7 Å². The van der Waals surface area contributed by atoms with Crippen molar-refractivity contribution < 1.29 is 23.7 Å². The third-order valence-electron chi connectivity index (χ3n) is 8.49. The highest BCUT2D eigenvalue weighted by Crippen LogP contribution is 2.35. The van der Waals surface area contributed by atoms with Crippen LogP contribution >= 0.6 is 7.82 Å². The molecule has 0 unspecified atom stereocenters. The van der Waals surface area contributed by atoms with Gasteiger partial charge in [0.2, 0.25) is 6.08 Å². The molecule has 0 aromatic rings. The first-order valence-corrected chi connectivity index (χ1v) is 19.8. The topological polar surface area (TPSA) is 96.2 Å². The Balaban J connectivity index is 3.06. The summed E-state index contributed by atoms with van der Waals surface area (Å²) in [5.41, 5.74) is 0. The minimum absolute atomic E-state index is 0.165. The third kappa shape index (κ3) is 39.5. The summed E-state index contributed by atoms with van der Waals surface area (Å²) in [6.45, 7) is 0.823. The molecule has 0 amide bonds. The van der Waals surface area contributed by atoms with Crippen LogP contribution in [0.5, 0.6) is 0 Å². The first kappa shape index (κ1) is 41.5. The van der Waals surface area contributed by atoms with Gasteiger partial charge in [0.05, 0.1) is 13.2 Å². The SMILES string of the molecule is O=C=NCCCCCCCCCCCCCCCCCCCCCCCCCCCCCCCCCCOP(=O)(O)O. The molecule has 0 bridgehead atoms. The van der Waals surface area contributed by atoms with Gasteiger partial charge in [-0.05, 0) is 12.8 Å². The Bertz CT molecular complexity index is 621. The lowest BCUT2D eigenvalue weighted by Gasteiger charge is -2.05. The van der Waals surface area contributed by atoms with Gasteiger partial charge in [-0.25, -0.2) is 14.4 Å². The van der Waals surface area contributed by atoms with Gasteiger partial charge in [-0.3, -0.25) is 4.52 Å². The van der Waals surface area contributed by atoms with E-state index in [-0.39, 0.29) is 6.61 Å². The van der Waals surface area contributed by atoms with Crippen LogP contribution in [0.3, 0.4) is 0 Å². The van der Waals surface area contributed by atoms with E-state index < -0.39 is 7.82 Å². The molecule has 0 aromatic heterocycles. The van der Waals surface area contributed by atoms with Crippen LogP contribution < -0.4 is 0 Å². The summed E-state index contributed by atoms with van der Waals surface area (Å²) in [4.78, 5) is 30.8. The van der Waals surface area contributed by atoms with Crippen LogP contribution in [0.2, 0.25) is 0 Å². The molecule has 250 valence electrons. The average Bonchev–Trinajstić information content (AvgIpc) is 2.96. The maximum absolute atomic E-state index is 10.6. The molecule has 0 atom stereocenters. The van der Waals surface area contributed by atoms with Crippen molar-refractivity contribution in [2.45, 2.75) is 205 Å². The van der Waals surface area contributed by atoms with Gasteiger partial charge in [0.25, 0.3) is 0 Å². The quantitative estimate of drug-likeness (QED) is 0.0316. The highest BCUT2D eigenvalue weighted by Gasteiger charge is 2.12. The summed E-state index contributed by atoms with van der Waals surface area (Å²) in [5, 5.41) is 0. The smallest absolute Gasteiger partial charge is 0.303 e. The van der Waals surface area contributed by atoms with E-state index in [4.69, 9.17) is 9.79 Å². The van der Waals surface area contributed by atoms with Crippen molar-refractivity contribution in [3.63, 3.8) is 0 Å². The molecule has 42 heavy (non-hydrogen) atoms. The molecule has 0 aliphatic rings. The highest BCUT2D eigenvalue weighted by molar-refractivity contribution is 7.46. The number of hydrogen-bond acceptors (Lipinski definition) is 4. The number of unbranched alkanes of at least 4 members (excludes halogenated alkanes) is 31. The third-order valence-corrected chi connectivity index (χ3v) is 9.01. The zero-order chi connectivity index (χ0) is 30.7. The predicted octanol–water partition coefficient (Wildman–Crippen LogP) is 11.9. The Hall–Kier alpha value is -0.510. The van der Waals surface area contributed by atoms with Gasteiger partial charge >= 0.3 is 7.82 Å². The Labute approximate surface area is 260 Å². The largest absolute Gasteiger partial charge is 0.469 e. The zero-order valence-corrected chi connectivity index (χ0v) is 28.4. The van der Waals surface area contributed by atoms with Crippen LogP contribution in [0.15, 0.2) is 4.99 Å². The van der Waals surface area contributed by atoms with Crippen molar-refractivity contribution in [1.82, 2.24) is 0 Å². The van der Waals surface area contributed by atoms with Crippen molar-refractivity contribution in [1.29, 1.82) is 0 Å². The zero-order valence-electron chi connectivity index (χ0n) is 27.6. The van der Waals surface area contributed by atoms with E-state index in [9.17, 15) is 9.36 Å². The van der Waals surface area contributed by atoms with Gasteiger partial charge in [0, 0.05) is 0 Å². The van der Waals surface area contributed by atoms with Crippen LogP contribution in [0.1, 0.15) is 205 Å². The first-order valence-electron chi connectivity index (χ1n) is 18.3. The van der Waals surface area contributed by atoms with E-state index in [1.165, 1.54) is 180 Å². The number of phosphoric ester groups is 1. The molecule has 2 N–H and O–H groups in total. The number of nitrogens with zero attached hydrogens (tertiary/aromatic N) is 1. The summed E-state index contributed by atoms with van der Waals surface area (Å²) in [5.74, 6) is 0. The van der Waals surface area contributed by atoms with Crippen molar-refractivity contribution in [2.24, 2.45) is 4.99 Å². The summed E-state index contributed by atoms with van der Waals surface area (Å²) in [7, 11) is -4.28. The van der Waals surface area contributed by atoms with Gasteiger partial charge in [-0.2, -0.15) is 0 Å². The molecule has 0 saturated carbocycles. The lowest BCUT2D eigenvalue weighted by molar-refractivity contribution is 0.193. The van der Waals surface area contributed by atoms with Crippen molar-refractivity contribution in [3.05, 3.63) is 0 Å². The van der Waals surface area contributed by atoms with Crippen LogP contribution in [-0.2, 0) is 13.9 Å². The fraction of sp³-hybridized carbons (Fsp3) is 0.971. The maximum Gasteiger partial charge on any atom is 0.469 e. The van der Waals surface area contributed by atoms with E-state index >= 15 is 0 Å². The molecule has 0 spiro atoms. The summed E-state index contributed by atoms with van der Waals surface area (Å²) in [6, 6.07) is 0. The van der Waals surface area contributed by atoms with E-state index in [0.29, 0.717) is 6.54 Å². The Morgan fingerprint density at radius 2 is 0.619 bits per heavy atom. The molecule has 0 saturated heterocycles. The molecule has 6 nitrogen and oxygen atoms in total. The number of carbonyl (C=O) groups excluding carboxylic acids is 1. The summed E-state index contributed by atoms with van der Waals surface area (Å²) in [6.07, 6.45) is 44.4. The van der Waals surface area contributed by atoms with Crippen LogP contribution in [0, 0.1) is 0 Å². The Morgan fingerprint density at radius 3 is 0.833 bits per heavy atom. The Morgan fingerprint density at radius 1 is 0.405 bits per heavy atom. The number of isocyanates is 1. The van der Waals surface area contributed by atoms with Crippen molar-refractivity contribution >= 4 is 13.9 Å². The van der Waals surface area contributed by atoms with Crippen LogP contribution in [0.25, 0.3) is 0 Å². The Kier molecular flexibility index (Phi) is 34.5. The minimum Gasteiger partial charge on any atom is -0.303 e. The average molecular weight is 616 g/mol. The predicted molar refractivity (Wildman–Crippen MR) is 179 cm³/mol. The monoisotopic (exact) mass is 615 g/mol. The van der Waals surface area contributed by atoms with Gasteiger partial charge < -0.3 is 9.79 Å². The van der Waals surface area contributed by atoms with Crippen LogP contribution in [0.4, 0.5) is 0 Å². The molecule has 0 heterocycles. The summed E-state index contributed by atoms with van der Waals surface area (Å²) < 4.78 is 15.0. The standard InChI is InChI=1S/C35H70NO5P/c37-35-36-33-31-29-27-25-23-21-19-17-15-13-11-9-7-5-3-1-2-4-6-8-10-12-14-16-18-20-22-24-26-28-30-32-34-41-42(38,39)40/h1-34H2,(H2,38,39,40).